The van der Waals surface area contributed by atoms with Crippen LogP contribution in [0.1, 0.15) is 36.1 Å². The van der Waals surface area contributed by atoms with Crippen LogP contribution in [-0.4, -0.2) is 48.6 Å². The Kier molecular flexibility index (Phi) is 6.80. The van der Waals surface area contributed by atoms with Crippen LogP contribution >= 0.6 is 11.3 Å². The van der Waals surface area contributed by atoms with Crippen molar-refractivity contribution in [3.05, 3.63) is 10.6 Å². The minimum atomic E-state index is -0.340. The third kappa shape index (κ3) is 4.80. The summed E-state index contributed by atoms with van der Waals surface area (Å²) >= 11 is 1.49. The van der Waals surface area contributed by atoms with E-state index in [1.54, 1.807) is 6.92 Å². The van der Waals surface area contributed by atoms with Crippen LogP contribution in [0.5, 0.6) is 0 Å². The maximum absolute atomic E-state index is 11.6. The SMILES string of the molecule is CCOC(=O)c1nc(NCCN(CC)CC)sc1C. The predicted octanol–water partition coefficient (Wildman–Crippen LogP) is 2.38. The van der Waals surface area contributed by atoms with Crippen molar-refractivity contribution in [3.63, 3.8) is 0 Å². The van der Waals surface area contributed by atoms with Gasteiger partial charge in [0.1, 0.15) is 0 Å². The van der Waals surface area contributed by atoms with Crippen LogP contribution in [0, 0.1) is 6.92 Å². The first-order valence-corrected chi connectivity index (χ1v) is 7.54. The van der Waals surface area contributed by atoms with Crippen LogP contribution in [0.25, 0.3) is 0 Å². The summed E-state index contributed by atoms with van der Waals surface area (Å²) in [6.07, 6.45) is 0. The number of esters is 1. The van der Waals surface area contributed by atoms with Crippen LogP contribution in [0.2, 0.25) is 0 Å². The van der Waals surface area contributed by atoms with Crippen LogP contribution in [0.4, 0.5) is 5.13 Å². The zero-order valence-electron chi connectivity index (χ0n) is 12.2. The molecule has 0 amide bonds. The van der Waals surface area contributed by atoms with Gasteiger partial charge in [0.05, 0.1) is 6.61 Å². The molecule has 0 aliphatic carbocycles. The molecule has 1 aromatic rings. The molecule has 1 heterocycles. The van der Waals surface area contributed by atoms with Gasteiger partial charge < -0.3 is 15.0 Å². The van der Waals surface area contributed by atoms with E-state index in [2.05, 4.69) is 29.0 Å². The van der Waals surface area contributed by atoms with E-state index < -0.39 is 0 Å². The first-order valence-electron chi connectivity index (χ1n) is 6.73. The molecule has 0 bridgehead atoms. The Morgan fingerprint density at radius 3 is 2.63 bits per heavy atom. The number of ether oxygens (including phenoxy) is 1. The molecule has 0 saturated heterocycles. The summed E-state index contributed by atoms with van der Waals surface area (Å²) in [6, 6.07) is 0. The van der Waals surface area contributed by atoms with Gasteiger partial charge in [-0.25, -0.2) is 9.78 Å². The molecule has 0 aliphatic rings. The molecule has 0 saturated carbocycles. The van der Waals surface area contributed by atoms with Gasteiger partial charge in [0.15, 0.2) is 10.8 Å². The molecule has 0 spiro atoms. The molecule has 6 heteroatoms. The maximum atomic E-state index is 11.6. The summed E-state index contributed by atoms with van der Waals surface area (Å²) in [7, 11) is 0. The van der Waals surface area contributed by atoms with E-state index in [9.17, 15) is 4.79 Å². The topological polar surface area (TPSA) is 54.5 Å². The highest BCUT2D eigenvalue weighted by Gasteiger charge is 2.16. The fourth-order valence-corrected chi connectivity index (χ4v) is 2.55. The van der Waals surface area contributed by atoms with E-state index in [0.29, 0.717) is 12.3 Å². The molecular weight excluding hydrogens is 262 g/mol. The molecule has 1 rings (SSSR count). The fourth-order valence-electron chi connectivity index (χ4n) is 1.72. The van der Waals surface area contributed by atoms with E-state index in [-0.39, 0.29) is 5.97 Å². The van der Waals surface area contributed by atoms with Crippen LogP contribution in [0.15, 0.2) is 0 Å². The number of nitrogens with zero attached hydrogens (tertiary/aromatic N) is 2. The van der Waals surface area contributed by atoms with Crippen molar-refractivity contribution < 1.29 is 9.53 Å². The second-order valence-electron chi connectivity index (χ2n) is 4.10. The summed E-state index contributed by atoms with van der Waals surface area (Å²) in [5.41, 5.74) is 0.428. The van der Waals surface area contributed by atoms with Gasteiger partial charge in [0, 0.05) is 18.0 Å². The Morgan fingerprint density at radius 2 is 2.05 bits per heavy atom. The van der Waals surface area contributed by atoms with Gasteiger partial charge in [0.2, 0.25) is 0 Å². The third-order valence-corrected chi connectivity index (χ3v) is 3.79. The summed E-state index contributed by atoms with van der Waals surface area (Å²) in [5, 5.41) is 4.04. The largest absolute Gasteiger partial charge is 0.461 e. The Hall–Kier alpha value is -1.14. The van der Waals surface area contributed by atoms with Crippen molar-refractivity contribution in [1.29, 1.82) is 0 Å². The first kappa shape index (κ1) is 15.9. The number of hydrogen-bond acceptors (Lipinski definition) is 6. The average Bonchev–Trinajstić information content (AvgIpc) is 2.76. The lowest BCUT2D eigenvalue weighted by Gasteiger charge is -2.17. The highest BCUT2D eigenvalue weighted by Crippen LogP contribution is 2.22. The molecule has 0 aromatic carbocycles. The minimum Gasteiger partial charge on any atom is -0.461 e. The number of aromatic nitrogens is 1. The highest BCUT2D eigenvalue weighted by molar-refractivity contribution is 7.15. The summed E-state index contributed by atoms with van der Waals surface area (Å²) in [5.74, 6) is -0.340. The summed E-state index contributed by atoms with van der Waals surface area (Å²) in [4.78, 5) is 19.2. The van der Waals surface area contributed by atoms with Gasteiger partial charge in [-0.05, 0) is 26.9 Å². The lowest BCUT2D eigenvalue weighted by molar-refractivity contribution is 0.0519. The molecule has 0 unspecified atom stereocenters. The van der Waals surface area contributed by atoms with E-state index >= 15 is 0 Å². The van der Waals surface area contributed by atoms with Gasteiger partial charge in [-0.15, -0.1) is 11.3 Å². The molecule has 0 atom stereocenters. The number of rotatable bonds is 8. The van der Waals surface area contributed by atoms with Crippen LogP contribution in [-0.2, 0) is 4.74 Å². The maximum Gasteiger partial charge on any atom is 0.358 e. The standard InChI is InChI=1S/C13H23N3O2S/c1-5-16(6-2)9-8-14-13-15-11(10(4)19-13)12(17)18-7-3/h5-9H2,1-4H3,(H,14,15). The predicted molar refractivity (Wildman–Crippen MR) is 79.1 cm³/mol. The average molecular weight is 285 g/mol. The van der Waals surface area contributed by atoms with E-state index in [1.807, 2.05) is 6.92 Å². The Labute approximate surface area is 119 Å². The summed E-state index contributed by atoms with van der Waals surface area (Å²) < 4.78 is 4.97. The number of anilines is 1. The normalized spacial score (nSPS) is 10.8. The second-order valence-corrected chi connectivity index (χ2v) is 5.30. The minimum absolute atomic E-state index is 0.340. The Bertz CT molecular complexity index is 403. The Morgan fingerprint density at radius 1 is 1.37 bits per heavy atom. The summed E-state index contributed by atoms with van der Waals surface area (Å²) in [6.45, 7) is 12.2. The van der Waals surface area contributed by atoms with Crippen molar-refractivity contribution in [2.45, 2.75) is 27.7 Å². The number of carbonyl (C=O) groups is 1. The molecule has 0 aliphatic heterocycles. The van der Waals surface area contributed by atoms with Gasteiger partial charge in [-0.2, -0.15) is 0 Å². The van der Waals surface area contributed by atoms with E-state index in [1.165, 1.54) is 11.3 Å². The van der Waals surface area contributed by atoms with Crippen molar-refractivity contribution in [2.75, 3.05) is 38.1 Å². The van der Waals surface area contributed by atoms with Crippen molar-refractivity contribution in [1.82, 2.24) is 9.88 Å². The zero-order chi connectivity index (χ0) is 14.3. The second kappa shape index (κ2) is 8.12. The van der Waals surface area contributed by atoms with Crippen LogP contribution in [0.3, 0.4) is 0 Å². The highest BCUT2D eigenvalue weighted by atomic mass is 32.1. The smallest absolute Gasteiger partial charge is 0.358 e. The quantitative estimate of drug-likeness (QED) is 0.743. The lowest BCUT2D eigenvalue weighted by Crippen LogP contribution is -2.28. The van der Waals surface area contributed by atoms with Gasteiger partial charge in [-0.1, -0.05) is 13.8 Å². The lowest BCUT2D eigenvalue weighted by atomic mass is 10.4. The molecule has 1 aromatic heterocycles. The Balaban J connectivity index is 2.52. The number of likely N-dealkylation sites (N-methyl/N-ethyl adjacent to an activating group) is 1. The molecule has 108 valence electrons. The zero-order valence-corrected chi connectivity index (χ0v) is 13.0. The molecule has 0 fully saturated rings. The van der Waals surface area contributed by atoms with E-state index in [0.717, 1.165) is 36.2 Å². The van der Waals surface area contributed by atoms with Crippen molar-refractivity contribution >= 4 is 22.4 Å². The van der Waals surface area contributed by atoms with E-state index in [4.69, 9.17) is 4.74 Å². The monoisotopic (exact) mass is 285 g/mol. The fraction of sp³-hybridized carbons (Fsp3) is 0.692. The molecular formula is C13H23N3O2S. The molecule has 1 N–H and O–H groups in total. The number of nitrogens with one attached hydrogen (secondary N) is 1. The number of thiazole rings is 1. The molecule has 0 radical (unpaired) electrons. The van der Waals surface area contributed by atoms with Crippen LogP contribution < -0.4 is 5.32 Å². The van der Waals surface area contributed by atoms with Gasteiger partial charge >= 0.3 is 5.97 Å². The number of aryl methyl sites for hydroxylation is 1. The molecule has 5 nitrogen and oxygen atoms in total. The number of hydrogen-bond donors (Lipinski definition) is 1. The van der Waals surface area contributed by atoms with Gasteiger partial charge in [-0.3, -0.25) is 0 Å². The molecule has 19 heavy (non-hydrogen) atoms. The first-order chi connectivity index (χ1) is 9.12. The third-order valence-electron chi connectivity index (χ3n) is 2.86. The van der Waals surface area contributed by atoms with Crippen molar-refractivity contribution in [3.8, 4) is 0 Å². The number of carbonyl (C=O) groups excluding carboxylic acids is 1. The van der Waals surface area contributed by atoms with Gasteiger partial charge in [0.25, 0.3) is 0 Å². The van der Waals surface area contributed by atoms with Crippen molar-refractivity contribution in [2.24, 2.45) is 0 Å².